The van der Waals surface area contributed by atoms with Gasteiger partial charge in [-0.3, -0.25) is 0 Å². The minimum Gasteiger partial charge on any atom is -0.485 e. The molecule has 0 atom stereocenters. The molecule has 0 spiro atoms. The third kappa shape index (κ3) is 6.51. The predicted molar refractivity (Wildman–Crippen MR) is 150 cm³/mol. The Morgan fingerprint density at radius 3 is 2.39 bits per heavy atom. The Labute approximate surface area is 249 Å². The molecule has 0 bridgehead atoms. The number of benzene rings is 2. The number of nitrogens with zero attached hydrogens (tertiary/aromatic N) is 4. The van der Waals surface area contributed by atoms with Gasteiger partial charge in [0.1, 0.15) is 12.2 Å². The highest BCUT2D eigenvalue weighted by molar-refractivity contribution is 5.90. The van der Waals surface area contributed by atoms with Crippen molar-refractivity contribution in [2.24, 2.45) is 0 Å². The highest BCUT2D eigenvalue weighted by atomic mass is 19.4. The molecule has 44 heavy (non-hydrogen) atoms. The summed E-state index contributed by atoms with van der Waals surface area (Å²) in [6.07, 6.45) is -3.65. The third-order valence-electron chi connectivity index (χ3n) is 7.33. The highest BCUT2D eigenvalue weighted by Gasteiger charge is 2.41. The van der Waals surface area contributed by atoms with Gasteiger partial charge in [0.15, 0.2) is 23.1 Å². The number of esters is 1. The van der Waals surface area contributed by atoms with E-state index in [1.165, 1.54) is 48.2 Å². The number of carboxylic acid groups (broad SMARTS) is 1. The molecule has 3 heterocycles. The summed E-state index contributed by atoms with van der Waals surface area (Å²) in [6, 6.07) is 16.0. The lowest BCUT2D eigenvalue weighted by Gasteiger charge is -2.30. The first kappa shape index (κ1) is 30.5. The van der Waals surface area contributed by atoms with Crippen LogP contribution in [0.15, 0.2) is 66.9 Å². The van der Waals surface area contributed by atoms with Crippen LogP contribution in [0.1, 0.15) is 52.9 Å². The average Bonchev–Trinajstić information content (AvgIpc) is 3.48. The topological polar surface area (TPSA) is 107 Å². The molecule has 1 N–H and O–H groups in total. The number of ether oxygens (including phenoxy) is 2. The maximum Gasteiger partial charge on any atom is 0.434 e. The SMILES string of the molecule is CCOC(=O)c1cnn(-c2cccc(-c3cccc(F)c3OCc3ccc(C4CCN(C(=O)O)CC4)cc3)n2)c1C(F)(F)F. The van der Waals surface area contributed by atoms with E-state index < -0.39 is 35.3 Å². The maximum absolute atomic E-state index is 15.0. The van der Waals surface area contributed by atoms with Gasteiger partial charge < -0.3 is 19.5 Å². The van der Waals surface area contributed by atoms with Crippen LogP contribution < -0.4 is 4.74 Å². The molecule has 1 fully saturated rings. The summed E-state index contributed by atoms with van der Waals surface area (Å²) in [5, 5.41) is 12.9. The van der Waals surface area contributed by atoms with Gasteiger partial charge in [0.25, 0.3) is 0 Å². The zero-order valence-corrected chi connectivity index (χ0v) is 23.6. The van der Waals surface area contributed by atoms with E-state index >= 15 is 4.39 Å². The Hall–Kier alpha value is -4.94. The average molecular weight is 613 g/mol. The standard InChI is InChI=1S/C31H28F4N4O5/c1-2-43-29(40)23-17-36-39(28(23)31(33,34)35)26-8-4-7-25(37-26)22-5-3-6-24(32)27(22)44-18-19-9-11-20(12-10-19)21-13-15-38(16-14-21)30(41)42/h3-12,17,21H,2,13-16,18H2,1H3,(H,41,42). The number of hydrogen-bond donors (Lipinski definition) is 1. The number of carbonyl (C=O) groups is 2. The Balaban J connectivity index is 1.37. The number of para-hydroxylation sites is 1. The van der Waals surface area contributed by atoms with Crippen LogP contribution >= 0.6 is 0 Å². The summed E-state index contributed by atoms with van der Waals surface area (Å²) in [4.78, 5) is 29.0. The lowest BCUT2D eigenvalue weighted by Crippen LogP contribution is -2.36. The van der Waals surface area contributed by atoms with Gasteiger partial charge >= 0.3 is 18.2 Å². The Kier molecular flexibility index (Phi) is 8.83. The largest absolute Gasteiger partial charge is 0.485 e. The van der Waals surface area contributed by atoms with E-state index in [1.807, 2.05) is 24.3 Å². The number of alkyl halides is 3. The van der Waals surface area contributed by atoms with Gasteiger partial charge in [-0.15, -0.1) is 0 Å². The summed E-state index contributed by atoms with van der Waals surface area (Å²) in [7, 11) is 0. The van der Waals surface area contributed by atoms with Gasteiger partial charge in [0.2, 0.25) is 0 Å². The minimum absolute atomic E-state index is 0.00560. The van der Waals surface area contributed by atoms with E-state index in [0.29, 0.717) is 17.8 Å². The first-order chi connectivity index (χ1) is 21.1. The van der Waals surface area contributed by atoms with E-state index in [4.69, 9.17) is 14.6 Å². The molecule has 2 aromatic carbocycles. The van der Waals surface area contributed by atoms with Gasteiger partial charge in [0, 0.05) is 18.7 Å². The molecule has 9 nitrogen and oxygen atoms in total. The number of carbonyl (C=O) groups excluding carboxylic acids is 1. The van der Waals surface area contributed by atoms with Crippen LogP contribution in [0, 0.1) is 5.82 Å². The van der Waals surface area contributed by atoms with Gasteiger partial charge in [0.05, 0.1) is 18.5 Å². The van der Waals surface area contributed by atoms with E-state index in [0.717, 1.165) is 30.2 Å². The minimum atomic E-state index is -4.95. The summed E-state index contributed by atoms with van der Waals surface area (Å²) in [6.45, 7) is 2.31. The monoisotopic (exact) mass is 612 g/mol. The molecule has 0 aliphatic carbocycles. The van der Waals surface area contributed by atoms with Crippen LogP contribution in [-0.4, -0.2) is 56.5 Å². The summed E-state index contributed by atoms with van der Waals surface area (Å²) < 4.78 is 68.2. The van der Waals surface area contributed by atoms with Crippen LogP contribution in [0.25, 0.3) is 17.1 Å². The molecular formula is C31H28F4N4O5. The van der Waals surface area contributed by atoms with Crippen molar-refractivity contribution in [1.29, 1.82) is 0 Å². The van der Waals surface area contributed by atoms with Crippen LogP contribution in [-0.2, 0) is 17.5 Å². The number of likely N-dealkylation sites (tertiary alicyclic amines) is 1. The number of pyridine rings is 1. The molecule has 230 valence electrons. The zero-order chi connectivity index (χ0) is 31.4. The third-order valence-corrected chi connectivity index (χ3v) is 7.33. The molecule has 0 saturated carbocycles. The normalized spacial score (nSPS) is 14.0. The van der Waals surface area contributed by atoms with Crippen molar-refractivity contribution in [3.63, 3.8) is 0 Å². The zero-order valence-electron chi connectivity index (χ0n) is 23.6. The molecule has 1 aliphatic heterocycles. The summed E-state index contributed by atoms with van der Waals surface area (Å²) >= 11 is 0. The van der Waals surface area contributed by atoms with Crippen LogP contribution in [0.4, 0.5) is 22.4 Å². The quantitative estimate of drug-likeness (QED) is 0.174. The van der Waals surface area contributed by atoms with Crippen LogP contribution in [0.2, 0.25) is 0 Å². The Bertz CT molecular complexity index is 1650. The van der Waals surface area contributed by atoms with Crippen molar-refractivity contribution in [2.45, 2.75) is 38.5 Å². The van der Waals surface area contributed by atoms with Gasteiger partial charge in [-0.2, -0.15) is 18.3 Å². The van der Waals surface area contributed by atoms with E-state index in [1.54, 1.807) is 0 Å². The summed E-state index contributed by atoms with van der Waals surface area (Å²) in [5.41, 5.74) is 0.0754. The second-order valence-electron chi connectivity index (χ2n) is 10.1. The molecule has 4 aromatic rings. The van der Waals surface area contributed by atoms with Crippen LogP contribution in [0.5, 0.6) is 5.75 Å². The highest BCUT2D eigenvalue weighted by Crippen LogP contribution is 2.36. The molecule has 0 radical (unpaired) electrons. The second kappa shape index (κ2) is 12.7. The number of rotatable bonds is 8. The molecule has 1 saturated heterocycles. The predicted octanol–water partition coefficient (Wildman–Crippen LogP) is 6.71. The molecule has 13 heteroatoms. The molecule has 1 amide bonds. The first-order valence-corrected chi connectivity index (χ1v) is 13.8. The van der Waals surface area contributed by atoms with Crippen molar-refractivity contribution in [3.8, 4) is 22.8 Å². The fraction of sp³-hybridized carbons (Fsp3) is 0.290. The number of hydrogen-bond acceptors (Lipinski definition) is 6. The Morgan fingerprint density at radius 2 is 1.73 bits per heavy atom. The van der Waals surface area contributed by atoms with E-state index in [9.17, 15) is 22.8 Å². The number of amides is 1. The molecule has 2 aromatic heterocycles. The number of aromatic nitrogens is 3. The van der Waals surface area contributed by atoms with Crippen LogP contribution in [0.3, 0.4) is 0 Å². The van der Waals surface area contributed by atoms with Gasteiger partial charge in [-0.1, -0.05) is 36.4 Å². The fourth-order valence-electron chi connectivity index (χ4n) is 5.15. The van der Waals surface area contributed by atoms with Crippen molar-refractivity contribution < 1.29 is 41.7 Å². The second-order valence-corrected chi connectivity index (χ2v) is 10.1. The summed E-state index contributed by atoms with van der Waals surface area (Å²) in [5.74, 6) is -2.00. The number of halogens is 4. The Morgan fingerprint density at radius 1 is 1.02 bits per heavy atom. The lowest BCUT2D eigenvalue weighted by atomic mass is 9.89. The van der Waals surface area contributed by atoms with Crippen molar-refractivity contribution in [3.05, 3.63) is 95.1 Å². The van der Waals surface area contributed by atoms with E-state index in [-0.39, 0.29) is 42.0 Å². The fourth-order valence-corrected chi connectivity index (χ4v) is 5.15. The molecule has 0 unspecified atom stereocenters. The smallest absolute Gasteiger partial charge is 0.434 e. The van der Waals surface area contributed by atoms with Crippen molar-refractivity contribution >= 4 is 12.1 Å². The van der Waals surface area contributed by atoms with Crippen molar-refractivity contribution in [2.75, 3.05) is 19.7 Å². The van der Waals surface area contributed by atoms with Gasteiger partial charge in [-0.25, -0.2) is 23.6 Å². The molecular weight excluding hydrogens is 584 g/mol. The van der Waals surface area contributed by atoms with E-state index in [2.05, 4.69) is 10.1 Å². The molecule has 5 rings (SSSR count). The van der Waals surface area contributed by atoms with Gasteiger partial charge in [-0.05, 0) is 61.1 Å². The maximum atomic E-state index is 15.0. The lowest BCUT2D eigenvalue weighted by molar-refractivity contribution is -0.143. The molecule has 1 aliphatic rings. The first-order valence-electron chi connectivity index (χ1n) is 13.8. The number of piperidine rings is 1. The van der Waals surface area contributed by atoms with Crippen molar-refractivity contribution in [1.82, 2.24) is 19.7 Å².